The normalized spacial score (nSPS) is 14.9. The van der Waals surface area contributed by atoms with Crippen LogP contribution < -0.4 is 4.74 Å². The molecular weight excluding hydrogens is 566 g/mol. The molecule has 228 valence electrons. The summed E-state index contributed by atoms with van der Waals surface area (Å²) in [6, 6.07) is 34.4. The van der Waals surface area contributed by atoms with Gasteiger partial charge in [0.05, 0.1) is 23.1 Å². The van der Waals surface area contributed by atoms with Crippen molar-refractivity contribution in [2.24, 2.45) is 0 Å². The van der Waals surface area contributed by atoms with E-state index in [0.717, 1.165) is 44.7 Å². The van der Waals surface area contributed by atoms with Crippen LogP contribution in [0.1, 0.15) is 48.9 Å². The number of rotatable bonds is 11. The number of hydrogen-bond acceptors (Lipinski definition) is 5. The van der Waals surface area contributed by atoms with E-state index in [-0.39, 0.29) is 16.9 Å². The highest BCUT2D eigenvalue weighted by molar-refractivity contribution is 7.91. The van der Waals surface area contributed by atoms with Crippen LogP contribution in [0.15, 0.2) is 125 Å². The molecular formula is C37H41N3O3S. The van der Waals surface area contributed by atoms with Gasteiger partial charge in [0.15, 0.2) is 0 Å². The maximum absolute atomic E-state index is 13.7. The van der Waals surface area contributed by atoms with E-state index in [2.05, 4.69) is 70.5 Å². The van der Waals surface area contributed by atoms with Crippen LogP contribution in [0.2, 0.25) is 0 Å². The third-order valence-electron chi connectivity index (χ3n) is 8.58. The lowest BCUT2D eigenvalue weighted by atomic mass is 9.96. The molecule has 0 saturated carbocycles. The number of pyridine rings is 1. The quantitative estimate of drug-likeness (QED) is 0.150. The summed E-state index contributed by atoms with van der Waals surface area (Å²) in [5.74, 6) is 0.771. The molecule has 7 heteroatoms. The number of ether oxygens (including phenoxy) is 1. The number of piperazine rings is 1. The number of sulfone groups is 1. The third kappa shape index (κ3) is 6.46. The SMILES string of the molecule is CC(C)c1cn2ccccc2c1S(=O)(=O)c1ccc(OCCCN2CCN(C(c3ccccc3)c3ccccc3)CC2)cc1. The van der Waals surface area contributed by atoms with Gasteiger partial charge in [0.25, 0.3) is 0 Å². The predicted octanol–water partition coefficient (Wildman–Crippen LogP) is 7.07. The minimum absolute atomic E-state index is 0.0828. The summed E-state index contributed by atoms with van der Waals surface area (Å²) in [6.07, 6.45) is 4.73. The molecule has 0 N–H and O–H groups in total. The van der Waals surface area contributed by atoms with Gasteiger partial charge >= 0.3 is 0 Å². The fraction of sp³-hybridized carbons (Fsp3) is 0.297. The van der Waals surface area contributed by atoms with Gasteiger partial charge in [-0.25, -0.2) is 8.42 Å². The summed E-state index contributed by atoms with van der Waals surface area (Å²) in [5, 5.41) is 0. The molecule has 1 saturated heterocycles. The summed E-state index contributed by atoms with van der Waals surface area (Å²) < 4.78 is 35.4. The molecule has 44 heavy (non-hydrogen) atoms. The van der Waals surface area contributed by atoms with Gasteiger partial charge in [0.1, 0.15) is 10.6 Å². The van der Waals surface area contributed by atoms with Gasteiger partial charge in [-0.15, -0.1) is 0 Å². The molecule has 6 rings (SSSR count). The molecule has 0 aliphatic carbocycles. The van der Waals surface area contributed by atoms with Crippen molar-refractivity contribution in [2.75, 3.05) is 39.3 Å². The van der Waals surface area contributed by atoms with Crippen molar-refractivity contribution >= 4 is 15.4 Å². The van der Waals surface area contributed by atoms with Crippen LogP contribution in [-0.4, -0.2) is 61.9 Å². The lowest BCUT2D eigenvalue weighted by Crippen LogP contribution is -2.48. The Morgan fingerprint density at radius 1 is 0.750 bits per heavy atom. The van der Waals surface area contributed by atoms with Gasteiger partial charge in [0, 0.05) is 45.1 Å². The van der Waals surface area contributed by atoms with E-state index in [0.29, 0.717) is 22.8 Å². The minimum Gasteiger partial charge on any atom is -0.494 e. The largest absolute Gasteiger partial charge is 0.494 e. The molecule has 1 aliphatic heterocycles. The molecule has 3 aromatic carbocycles. The Balaban J connectivity index is 1.02. The first-order valence-corrected chi connectivity index (χ1v) is 17.0. The number of hydrogen-bond donors (Lipinski definition) is 0. The first-order chi connectivity index (χ1) is 21.4. The van der Waals surface area contributed by atoms with Gasteiger partial charge in [-0.05, 0) is 65.4 Å². The Bertz CT molecular complexity index is 1720. The molecule has 0 atom stereocenters. The molecule has 3 heterocycles. The molecule has 6 nitrogen and oxygen atoms in total. The summed E-state index contributed by atoms with van der Waals surface area (Å²) in [4.78, 5) is 5.78. The predicted molar refractivity (Wildman–Crippen MR) is 176 cm³/mol. The van der Waals surface area contributed by atoms with Crippen LogP contribution in [0.5, 0.6) is 5.75 Å². The van der Waals surface area contributed by atoms with Gasteiger partial charge in [0.2, 0.25) is 9.84 Å². The van der Waals surface area contributed by atoms with E-state index in [1.165, 1.54) is 11.1 Å². The first kappa shape index (κ1) is 30.1. The van der Waals surface area contributed by atoms with Crippen LogP contribution in [0, 0.1) is 0 Å². The molecule has 2 aromatic heterocycles. The van der Waals surface area contributed by atoms with E-state index >= 15 is 0 Å². The molecule has 0 bridgehead atoms. The van der Waals surface area contributed by atoms with Crippen molar-refractivity contribution in [3.05, 3.63) is 132 Å². The zero-order valence-corrected chi connectivity index (χ0v) is 26.4. The van der Waals surface area contributed by atoms with Crippen LogP contribution in [-0.2, 0) is 9.84 Å². The lowest BCUT2D eigenvalue weighted by Gasteiger charge is -2.39. The molecule has 1 fully saturated rings. The maximum Gasteiger partial charge on any atom is 0.209 e. The molecule has 1 aliphatic rings. The second-order valence-electron chi connectivity index (χ2n) is 11.8. The third-order valence-corrected chi connectivity index (χ3v) is 10.5. The van der Waals surface area contributed by atoms with E-state index < -0.39 is 9.84 Å². The average Bonchev–Trinajstić information content (AvgIpc) is 3.47. The molecule has 0 radical (unpaired) electrons. The monoisotopic (exact) mass is 607 g/mol. The highest BCUT2D eigenvalue weighted by Crippen LogP contribution is 2.34. The van der Waals surface area contributed by atoms with Crippen molar-refractivity contribution in [3.63, 3.8) is 0 Å². The maximum atomic E-state index is 13.7. The number of benzene rings is 3. The van der Waals surface area contributed by atoms with E-state index in [4.69, 9.17) is 4.74 Å². The van der Waals surface area contributed by atoms with Gasteiger partial charge in [-0.1, -0.05) is 80.6 Å². The van der Waals surface area contributed by atoms with Gasteiger partial charge in [-0.2, -0.15) is 0 Å². The first-order valence-electron chi connectivity index (χ1n) is 15.6. The Labute approximate surface area is 261 Å². The van der Waals surface area contributed by atoms with Crippen LogP contribution in [0.3, 0.4) is 0 Å². The fourth-order valence-corrected chi connectivity index (χ4v) is 8.04. The number of nitrogens with zero attached hydrogens (tertiary/aromatic N) is 3. The van der Waals surface area contributed by atoms with Crippen molar-refractivity contribution in [3.8, 4) is 5.75 Å². The number of aromatic nitrogens is 1. The Kier molecular flexibility index (Phi) is 9.17. The fourth-order valence-electron chi connectivity index (χ4n) is 6.26. The van der Waals surface area contributed by atoms with E-state index in [9.17, 15) is 8.42 Å². The second-order valence-corrected chi connectivity index (χ2v) is 13.7. The number of fused-ring (bicyclic) bond motifs is 1. The Morgan fingerprint density at radius 2 is 1.36 bits per heavy atom. The molecule has 0 spiro atoms. The van der Waals surface area contributed by atoms with Crippen molar-refractivity contribution < 1.29 is 13.2 Å². The van der Waals surface area contributed by atoms with Crippen LogP contribution in [0.25, 0.3) is 5.52 Å². The van der Waals surface area contributed by atoms with E-state index in [1.54, 1.807) is 24.3 Å². The average molecular weight is 608 g/mol. The van der Waals surface area contributed by atoms with Gasteiger partial charge in [-0.3, -0.25) is 4.90 Å². The summed E-state index contributed by atoms with van der Waals surface area (Å²) >= 11 is 0. The lowest BCUT2D eigenvalue weighted by molar-refractivity contribution is 0.105. The smallest absolute Gasteiger partial charge is 0.209 e. The highest BCUT2D eigenvalue weighted by Gasteiger charge is 2.28. The van der Waals surface area contributed by atoms with Crippen LogP contribution in [0.4, 0.5) is 0 Å². The Morgan fingerprint density at radius 3 is 1.98 bits per heavy atom. The second kappa shape index (κ2) is 13.4. The topological polar surface area (TPSA) is 54.3 Å². The standard InChI is InChI=1S/C37H41N3O3S/c1-29(2)34-28-40-22-10-9-16-35(40)37(34)44(41,42)33-19-17-32(18-20-33)43-27-11-21-38-23-25-39(26-24-38)36(30-12-5-3-6-13-30)31-14-7-4-8-15-31/h3-10,12-20,22,28-29,36H,11,21,23-27H2,1-2H3. The summed E-state index contributed by atoms with van der Waals surface area (Å²) in [7, 11) is -3.69. The summed E-state index contributed by atoms with van der Waals surface area (Å²) in [5.41, 5.74) is 4.20. The molecule has 0 unspecified atom stereocenters. The van der Waals surface area contributed by atoms with Crippen molar-refractivity contribution in [1.29, 1.82) is 0 Å². The minimum atomic E-state index is -3.69. The highest BCUT2D eigenvalue weighted by atomic mass is 32.2. The zero-order valence-electron chi connectivity index (χ0n) is 25.5. The van der Waals surface area contributed by atoms with E-state index in [1.807, 2.05) is 48.8 Å². The van der Waals surface area contributed by atoms with Gasteiger partial charge < -0.3 is 14.0 Å². The van der Waals surface area contributed by atoms with Crippen molar-refractivity contribution in [1.82, 2.24) is 14.2 Å². The molecule has 5 aromatic rings. The Hall–Kier alpha value is -3.91. The van der Waals surface area contributed by atoms with Crippen LogP contribution >= 0.6 is 0 Å². The molecule has 0 amide bonds. The van der Waals surface area contributed by atoms with Crippen molar-refractivity contribution in [2.45, 2.75) is 42.0 Å². The zero-order chi connectivity index (χ0) is 30.5. The summed E-state index contributed by atoms with van der Waals surface area (Å²) in [6.45, 7) is 9.69.